The van der Waals surface area contributed by atoms with Gasteiger partial charge in [0.05, 0.1) is 12.2 Å². The third-order valence-corrected chi connectivity index (χ3v) is 2.73. The number of ether oxygens (including phenoxy) is 2. The number of nitrogens with zero attached hydrogens (tertiary/aromatic N) is 1. The number of thiophene rings is 1. The molecule has 0 spiro atoms. The lowest BCUT2D eigenvalue weighted by atomic mass is 10.3. The molecular weight excluding hydrogens is 226 g/mol. The monoisotopic (exact) mass is 239 g/mol. The van der Waals surface area contributed by atoms with E-state index in [4.69, 9.17) is 14.7 Å². The highest BCUT2D eigenvalue weighted by atomic mass is 32.1. The minimum Gasteiger partial charge on any atom is -0.456 e. The van der Waals surface area contributed by atoms with Gasteiger partial charge in [-0.05, 0) is 25.3 Å². The molecule has 1 heterocycles. The third-order valence-electron chi connectivity index (χ3n) is 1.84. The quantitative estimate of drug-likeness (QED) is 0.739. The van der Waals surface area contributed by atoms with Gasteiger partial charge in [-0.25, -0.2) is 4.79 Å². The van der Waals surface area contributed by atoms with Crippen LogP contribution in [-0.2, 0) is 9.47 Å². The van der Waals surface area contributed by atoms with E-state index in [1.807, 2.05) is 13.0 Å². The smallest absolute Gasteiger partial charge is 0.350 e. The summed E-state index contributed by atoms with van der Waals surface area (Å²) >= 11 is 1.21. The largest absolute Gasteiger partial charge is 0.456 e. The van der Waals surface area contributed by atoms with Crippen molar-refractivity contribution in [3.05, 3.63) is 21.9 Å². The van der Waals surface area contributed by atoms with Crippen LogP contribution in [0, 0.1) is 11.3 Å². The van der Waals surface area contributed by atoms with Crippen LogP contribution in [0.5, 0.6) is 0 Å². The molecule has 0 aliphatic carbocycles. The fourth-order valence-corrected chi connectivity index (χ4v) is 1.83. The second kappa shape index (κ2) is 6.26. The van der Waals surface area contributed by atoms with E-state index in [2.05, 4.69) is 0 Å². The highest BCUT2D eigenvalue weighted by molar-refractivity contribution is 7.12. The molecule has 0 bridgehead atoms. The molecule has 1 rings (SSSR count). The lowest BCUT2D eigenvalue weighted by Crippen LogP contribution is -2.20. The topological polar surface area (TPSA) is 59.3 Å². The predicted molar refractivity (Wildman–Crippen MR) is 60.4 cm³/mol. The second-order valence-corrected chi connectivity index (χ2v) is 4.07. The number of carbonyl (C=O) groups is 1. The average molecular weight is 239 g/mol. The van der Waals surface area contributed by atoms with E-state index >= 15 is 0 Å². The molecule has 86 valence electrons. The van der Waals surface area contributed by atoms with Crippen molar-refractivity contribution in [2.75, 3.05) is 13.2 Å². The lowest BCUT2D eigenvalue weighted by molar-refractivity contribution is 0.00482. The number of hydrogen-bond donors (Lipinski definition) is 0. The van der Waals surface area contributed by atoms with Gasteiger partial charge in [0.1, 0.15) is 17.1 Å². The zero-order chi connectivity index (χ0) is 12.0. The molecule has 0 N–H and O–H groups in total. The van der Waals surface area contributed by atoms with Crippen LogP contribution in [0.15, 0.2) is 11.4 Å². The Hall–Kier alpha value is -1.38. The molecule has 0 saturated heterocycles. The molecule has 0 amide bonds. The molecular formula is C11H13NO3S. The molecule has 1 aromatic rings. The van der Waals surface area contributed by atoms with E-state index in [1.165, 1.54) is 11.3 Å². The van der Waals surface area contributed by atoms with Gasteiger partial charge in [-0.3, -0.25) is 0 Å². The minimum atomic E-state index is -0.459. The predicted octanol–water partition coefficient (Wildman–Crippen LogP) is 2.20. The maximum atomic E-state index is 11.6. The SMILES string of the molecule is CCOC[C@@H](C)OC(=O)c1sccc1C#N. The van der Waals surface area contributed by atoms with Gasteiger partial charge in [-0.2, -0.15) is 5.26 Å². The van der Waals surface area contributed by atoms with Crippen LogP contribution < -0.4 is 0 Å². The Labute approximate surface area is 98.4 Å². The third kappa shape index (κ3) is 3.33. The Morgan fingerprint density at radius 3 is 3.06 bits per heavy atom. The fraction of sp³-hybridized carbons (Fsp3) is 0.455. The molecule has 0 fully saturated rings. The first-order chi connectivity index (χ1) is 7.69. The minimum absolute atomic E-state index is 0.305. The summed E-state index contributed by atoms with van der Waals surface area (Å²) in [5.41, 5.74) is 0.360. The molecule has 5 heteroatoms. The van der Waals surface area contributed by atoms with Gasteiger partial charge >= 0.3 is 5.97 Å². The average Bonchev–Trinajstić information content (AvgIpc) is 2.74. The van der Waals surface area contributed by atoms with Crippen molar-refractivity contribution in [1.82, 2.24) is 0 Å². The lowest BCUT2D eigenvalue weighted by Gasteiger charge is -2.12. The summed E-state index contributed by atoms with van der Waals surface area (Å²) in [5, 5.41) is 10.5. The molecule has 0 unspecified atom stereocenters. The highest BCUT2D eigenvalue weighted by Crippen LogP contribution is 2.17. The van der Waals surface area contributed by atoms with Crippen LogP contribution in [0.2, 0.25) is 0 Å². The number of carbonyl (C=O) groups excluding carboxylic acids is 1. The summed E-state index contributed by atoms with van der Waals surface area (Å²) in [6, 6.07) is 3.56. The zero-order valence-electron chi connectivity index (χ0n) is 9.23. The second-order valence-electron chi connectivity index (χ2n) is 3.15. The Balaban J connectivity index is 2.56. The van der Waals surface area contributed by atoms with Crippen LogP contribution >= 0.6 is 11.3 Å². The Bertz CT molecular complexity index is 394. The van der Waals surface area contributed by atoms with Crippen LogP contribution in [0.1, 0.15) is 29.1 Å². The number of hydrogen-bond acceptors (Lipinski definition) is 5. The van der Waals surface area contributed by atoms with Crippen LogP contribution in [0.4, 0.5) is 0 Å². The standard InChI is InChI=1S/C11H13NO3S/c1-3-14-7-8(2)15-11(13)10-9(6-12)4-5-16-10/h4-5,8H,3,7H2,1-2H3/t8-/m1/s1. The van der Waals surface area contributed by atoms with Crippen molar-refractivity contribution in [3.63, 3.8) is 0 Å². The molecule has 0 aliphatic rings. The van der Waals surface area contributed by atoms with E-state index in [9.17, 15) is 4.79 Å². The summed E-state index contributed by atoms with van der Waals surface area (Å²) in [4.78, 5) is 12.0. The molecule has 0 aromatic carbocycles. The molecule has 0 saturated carbocycles. The van der Waals surface area contributed by atoms with Gasteiger partial charge in [0.2, 0.25) is 0 Å². The van der Waals surface area contributed by atoms with Crippen molar-refractivity contribution < 1.29 is 14.3 Å². The molecule has 0 aliphatic heterocycles. The van der Waals surface area contributed by atoms with Gasteiger partial charge in [0.15, 0.2) is 0 Å². The van der Waals surface area contributed by atoms with Gasteiger partial charge in [0.25, 0.3) is 0 Å². The maximum absolute atomic E-state index is 11.6. The molecule has 1 atom stereocenters. The van der Waals surface area contributed by atoms with Crippen molar-refractivity contribution in [1.29, 1.82) is 5.26 Å². The first kappa shape index (κ1) is 12.7. The van der Waals surface area contributed by atoms with E-state index in [-0.39, 0.29) is 6.10 Å². The van der Waals surface area contributed by atoms with Crippen molar-refractivity contribution in [3.8, 4) is 6.07 Å². The first-order valence-corrected chi connectivity index (χ1v) is 5.83. The summed E-state index contributed by atoms with van der Waals surface area (Å²) in [6.07, 6.45) is -0.305. The van der Waals surface area contributed by atoms with Gasteiger partial charge in [-0.1, -0.05) is 0 Å². The van der Waals surface area contributed by atoms with E-state index in [0.29, 0.717) is 23.7 Å². The van der Waals surface area contributed by atoms with E-state index in [0.717, 1.165) is 0 Å². The van der Waals surface area contributed by atoms with Crippen LogP contribution in [-0.4, -0.2) is 25.3 Å². The summed E-state index contributed by atoms with van der Waals surface area (Å²) in [5.74, 6) is -0.459. The van der Waals surface area contributed by atoms with E-state index < -0.39 is 5.97 Å². The number of esters is 1. The number of nitriles is 1. The molecule has 0 radical (unpaired) electrons. The van der Waals surface area contributed by atoms with Crippen LogP contribution in [0.3, 0.4) is 0 Å². The molecule has 4 nitrogen and oxygen atoms in total. The van der Waals surface area contributed by atoms with Crippen LogP contribution in [0.25, 0.3) is 0 Å². The van der Waals surface area contributed by atoms with Gasteiger partial charge < -0.3 is 9.47 Å². The van der Waals surface area contributed by atoms with Gasteiger partial charge in [0, 0.05) is 6.61 Å². The molecule has 16 heavy (non-hydrogen) atoms. The number of rotatable bonds is 5. The Morgan fingerprint density at radius 1 is 1.69 bits per heavy atom. The van der Waals surface area contributed by atoms with Gasteiger partial charge in [-0.15, -0.1) is 11.3 Å². The van der Waals surface area contributed by atoms with Crippen molar-refractivity contribution in [2.24, 2.45) is 0 Å². The molecule has 1 aromatic heterocycles. The highest BCUT2D eigenvalue weighted by Gasteiger charge is 2.17. The zero-order valence-corrected chi connectivity index (χ0v) is 10.0. The fourth-order valence-electron chi connectivity index (χ4n) is 1.11. The maximum Gasteiger partial charge on any atom is 0.350 e. The van der Waals surface area contributed by atoms with Crippen molar-refractivity contribution >= 4 is 17.3 Å². The van der Waals surface area contributed by atoms with Crippen molar-refractivity contribution in [2.45, 2.75) is 20.0 Å². The normalized spacial score (nSPS) is 11.8. The summed E-state index contributed by atoms with van der Waals surface area (Å²) < 4.78 is 10.3. The Kier molecular flexibility index (Phi) is 4.96. The van der Waals surface area contributed by atoms with E-state index in [1.54, 1.807) is 18.4 Å². The Morgan fingerprint density at radius 2 is 2.44 bits per heavy atom. The first-order valence-electron chi connectivity index (χ1n) is 4.95. The summed E-state index contributed by atoms with van der Waals surface area (Å²) in [7, 11) is 0. The summed E-state index contributed by atoms with van der Waals surface area (Å²) in [6.45, 7) is 4.59.